The zero-order chi connectivity index (χ0) is 12.3. The van der Waals surface area contributed by atoms with Crippen molar-refractivity contribution in [3.63, 3.8) is 0 Å². The van der Waals surface area contributed by atoms with Crippen LogP contribution < -0.4 is 4.74 Å². The van der Waals surface area contributed by atoms with Gasteiger partial charge in [-0.05, 0) is 24.6 Å². The Kier molecular flexibility index (Phi) is 3.96. The fraction of sp³-hybridized carbons (Fsp3) is 0.364. The molecule has 2 rings (SSSR count). The van der Waals surface area contributed by atoms with Crippen LogP contribution in [0.4, 0.5) is 4.39 Å². The van der Waals surface area contributed by atoms with Gasteiger partial charge in [0.2, 0.25) is 0 Å². The van der Waals surface area contributed by atoms with E-state index < -0.39 is 5.82 Å². The Morgan fingerprint density at radius 3 is 3.06 bits per heavy atom. The van der Waals surface area contributed by atoms with Gasteiger partial charge in [0.15, 0.2) is 18.2 Å². The monoisotopic (exact) mass is 303 g/mol. The van der Waals surface area contributed by atoms with Crippen molar-refractivity contribution < 1.29 is 18.8 Å². The van der Waals surface area contributed by atoms with E-state index in [1.54, 1.807) is 6.07 Å². The lowest BCUT2D eigenvalue weighted by Crippen LogP contribution is -2.31. The highest BCUT2D eigenvalue weighted by molar-refractivity contribution is 9.10. The maximum absolute atomic E-state index is 13.4. The Morgan fingerprint density at radius 1 is 1.59 bits per heavy atom. The van der Waals surface area contributed by atoms with Crippen molar-refractivity contribution in [2.45, 2.75) is 6.42 Å². The SMILES string of the molecule is O=C(COc1ccc(Br)cc1F)N1CCCO1. The van der Waals surface area contributed by atoms with Gasteiger partial charge in [-0.15, -0.1) is 0 Å². The predicted octanol–water partition coefficient (Wildman–Crippen LogP) is 2.13. The second kappa shape index (κ2) is 5.46. The van der Waals surface area contributed by atoms with Crippen molar-refractivity contribution in [2.24, 2.45) is 0 Å². The molecule has 1 aliphatic rings. The molecule has 0 bridgehead atoms. The first-order valence-electron chi connectivity index (χ1n) is 5.18. The lowest BCUT2D eigenvalue weighted by atomic mass is 10.3. The zero-order valence-electron chi connectivity index (χ0n) is 8.99. The van der Waals surface area contributed by atoms with Gasteiger partial charge in [-0.1, -0.05) is 15.9 Å². The summed E-state index contributed by atoms with van der Waals surface area (Å²) < 4.78 is 19.1. The van der Waals surface area contributed by atoms with Crippen molar-refractivity contribution in [3.8, 4) is 5.75 Å². The van der Waals surface area contributed by atoms with Gasteiger partial charge in [0, 0.05) is 4.47 Å². The number of nitrogens with zero attached hydrogens (tertiary/aromatic N) is 1. The van der Waals surface area contributed by atoms with Crippen LogP contribution in [-0.4, -0.2) is 30.7 Å². The van der Waals surface area contributed by atoms with E-state index in [0.29, 0.717) is 17.6 Å². The number of ether oxygens (including phenoxy) is 1. The normalized spacial score (nSPS) is 15.1. The van der Waals surface area contributed by atoms with Crippen LogP contribution in [-0.2, 0) is 9.63 Å². The molecule has 0 atom stereocenters. The summed E-state index contributed by atoms with van der Waals surface area (Å²) in [5, 5.41) is 1.25. The Morgan fingerprint density at radius 2 is 2.41 bits per heavy atom. The third-order valence-corrected chi connectivity index (χ3v) is 2.77. The Hall–Kier alpha value is -1.14. The Labute approximate surface area is 106 Å². The summed E-state index contributed by atoms with van der Waals surface area (Å²) in [6, 6.07) is 4.40. The smallest absolute Gasteiger partial charge is 0.283 e. The van der Waals surface area contributed by atoms with Gasteiger partial charge in [-0.2, -0.15) is 0 Å². The lowest BCUT2D eigenvalue weighted by Gasteiger charge is -2.14. The molecule has 0 aliphatic carbocycles. The molecule has 17 heavy (non-hydrogen) atoms. The number of benzene rings is 1. The molecule has 0 aromatic heterocycles. The molecule has 0 spiro atoms. The first-order valence-corrected chi connectivity index (χ1v) is 5.97. The van der Waals surface area contributed by atoms with E-state index in [4.69, 9.17) is 9.57 Å². The molecule has 1 fully saturated rings. The van der Waals surface area contributed by atoms with E-state index in [-0.39, 0.29) is 18.3 Å². The standard InChI is InChI=1S/C11H11BrFNO3/c12-8-2-3-10(9(13)6-8)16-7-11(15)14-4-1-5-17-14/h2-3,6H,1,4-5,7H2. The first-order chi connectivity index (χ1) is 8.16. The summed E-state index contributed by atoms with van der Waals surface area (Å²) in [7, 11) is 0. The van der Waals surface area contributed by atoms with Crippen molar-refractivity contribution in [1.82, 2.24) is 5.06 Å². The van der Waals surface area contributed by atoms with E-state index in [0.717, 1.165) is 6.42 Å². The molecule has 1 aliphatic heterocycles. The molecule has 0 unspecified atom stereocenters. The quantitative estimate of drug-likeness (QED) is 0.859. The fourth-order valence-electron chi connectivity index (χ4n) is 1.45. The van der Waals surface area contributed by atoms with Crippen LogP contribution >= 0.6 is 15.9 Å². The van der Waals surface area contributed by atoms with E-state index >= 15 is 0 Å². The van der Waals surface area contributed by atoms with E-state index in [1.165, 1.54) is 17.2 Å². The number of hydrogen-bond acceptors (Lipinski definition) is 3. The zero-order valence-corrected chi connectivity index (χ0v) is 10.6. The van der Waals surface area contributed by atoms with Crippen LogP contribution in [0.1, 0.15) is 6.42 Å². The molecule has 1 aromatic carbocycles. The lowest BCUT2D eigenvalue weighted by molar-refractivity contribution is -0.170. The number of hydroxylamine groups is 2. The van der Waals surface area contributed by atoms with Crippen LogP contribution in [0.25, 0.3) is 0 Å². The van der Waals surface area contributed by atoms with Gasteiger partial charge in [0.25, 0.3) is 5.91 Å². The largest absolute Gasteiger partial charge is 0.481 e. The van der Waals surface area contributed by atoms with Crippen molar-refractivity contribution in [2.75, 3.05) is 19.8 Å². The van der Waals surface area contributed by atoms with Gasteiger partial charge >= 0.3 is 0 Å². The first kappa shape index (κ1) is 12.3. The third-order valence-electron chi connectivity index (χ3n) is 2.28. The van der Waals surface area contributed by atoms with Crippen molar-refractivity contribution in [1.29, 1.82) is 0 Å². The maximum atomic E-state index is 13.4. The summed E-state index contributed by atoms with van der Waals surface area (Å²) >= 11 is 3.14. The molecule has 0 saturated carbocycles. The average molecular weight is 304 g/mol. The Bertz CT molecular complexity index is 421. The molecule has 0 radical (unpaired) electrons. The molecule has 1 saturated heterocycles. The highest BCUT2D eigenvalue weighted by Crippen LogP contribution is 2.21. The molecule has 0 N–H and O–H groups in total. The summed E-state index contributed by atoms with van der Waals surface area (Å²) in [4.78, 5) is 16.6. The van der Waals surface area contributed by atoms with Crippen LogP contribution in [0.15, 0.2) is 22.7 Å². The molecule has 1 aromatic rings. The highest BCUT2D eigenvalue weighted by atomic mass is 79.9. The van der Waals surface area contributed by atoms with E-state index in [1.807, 2.05) is 0 Å². The third kappa shape index (κ3) is 3.17. The summed E-state index contributed by atoms with van der Waals surface area (Å²) in [5.74, 6) is -0.750. The van der Waals surface area contributed by atoms with E-state index in [2.05, 4.69) is 15.9 Å². The molecule has 92 valence electrons. The van der Waals surface area contributed by atoms with Gasteiger partial charge < -0.3 is 4.74 Å². The van der Waals surface area contributed by atoms with Gasteiger partial charge in [-0.25, -0.2) is 9.45 Å². The number of hydrogen-bond donors (Lipinski definition) is 0. The molecular weight excluding hydrogens is 293 g/mol. The summed E-state index contributed by atoms with van der Waals surface area (Å²) in [6.45, 7) is 0.877. The minimum Gasteiger partial charge on any atom is -0.481 e. The number of carbonyl (C=O) groups excluding carboxylic acids is 1. The minimum atomic E-state index is -0.505. The van der Waals surface area contributed by atoms with Gasteiger partial charge in [0.1, 0.15) is 0 Å². The predicted molar refractivity (Wildman–Crippen MR) is 61.9 cm³/mol. The van der Waals surface area contributed by atoms with E-state index in [9.17, 15) is 9.18 Å². The fourth-order valence-corrected chi connectivity index (χ4v) is 1.78. The number of rotatable bonds is 3. The summed E-state index contributed by atoms with van der Waals surface area (Å²) in [6.07, 6.45) is 0.818. The average Bonchev–Trinajstić information content (AvgIpc) is 2.81. The van der Waals surface area contributed by atoms with Crippen LogP contribution in [0, 0.1) is 5.82 Å². The van der Waals surface area contributed by atoms with Crippen molar-refractivity contribution >= 4 is 21.8 Å². The maximum Gasteiger partial charge on any atom is 0.283 e. The minimum absolute atomic E-state index is 0.0562. The van der Waals surface area contributed by atoms with Gasteiger partial charge in [-0.3, -0.25) is 9.63 Å². The second-order valence-corrected chi connectivity index (χ2v) is 4.46. The molecule has 4 nitrogen and oxygen atoms in total. The second-order valence-electron chi connectivity index (χ2n) is 3.55. The molecular formula is C11H11BrFNO3. The Balaban J connectivity index is 1.90. The summed E-state index contributed by atoms with van der Waals surface area (Å²) in [5.41, 5.74) is 0. The number of carbonyl (C=O) groups is 1. The van der Waals surface area contributed by atoms with Crippen LogP contribution in [0.5, 0.6) is 5.75 Å². The van der Waals surface area contributed by atoms with Gasteiger partial charge in [0.05, 0.1) is 13.2 Å². The molecule has 1 heterocycles. The van der Waals surface area contributed by atoms with Crippen LogP contribution in [0.2, 0.25) is 0 Å². The molecule has 6 heteroatoms. The van der Waals surface area contributed by atoms with Crippen molar-refractivity contribution in [3.05, 3.63) is 28.5 Å². The highest BCUT2D eigenvalue weighted by Gasteiger charge is 2.20. The topological polar surface area (TPSA) is 38.8 Å². The number of halogens is 2. The molecule has 1 amide bonds. The van der Waals surface area contributed by atoms with Crippen LogP contribution in [0.3, 0.4) is 0 Å². The number of amides is 1.